The lowest BCUT2D eigenvalue weighted by atomic mass is 9.92. The fraction of sp³-hybridized carbons (Fsp3) is 0.129. The number of fused-ring (bicyclic) bond motifs is 1. The van der Waals surface area contributed by atoms with E-state index in [0.29, 0.717) is 29.0 Å². The van der Waals surface area contributed by atoms with Crippen LogP contribution in [0.2, 0.25) is 0 Å². The van der Waals surface area contributed by atoms with Gasteiger partial charge in [-0.25, -0.2) is 14.8 Å². The third kappa shape index (κ3) is 5.61. The quantitative estimate of drug-likeness (QED) is 0.269. The fourth-order valence-electron chi connectivity index (χ4n) is 4.82. The number of ether oxygens (including phenoxy) is 2. The summed E-state index contributed by atoms with van der Waals surface area (Å²) in [6, 6.07) is 17.1. The van der Waals surface area contributed by atoms with Crippen molar-refractivity contribution in [2.24, 2.45) is 5.10 Å². The standard InChI is InChI=1S/C31H28N6O5/c1-41-25-15-18(14-23-16-34-31(33)36-29(23)32)13-21(28(25)42-2)11-12-26(38)37-27(19-7-9-20(10-8-19)30(39)40)24-6-4-3-5-22(24)17-35-37/h3-13,15-17,27H,14H2,1-2H3,(H,39,40)(H4,32,33,34,36)/b12-11+. The van der Waals surface area contributed by atoms with Crippen molar-refractivity contribution in [3.63, 3.8) is 0 Å². The monoisotopic (exact) mass is 564 g/mol. The third-order valence-corrected chi connectivity index (χ3v) is 6.84. The highest BCUT2D eigenvalue weighted by atomic mass is 16.5. The first-order valence-corrected chi connectivity index (χ1v) is 12.9. The van der Waals surface area contributed by atoms with Crippen molar-refractivity contribution >= 4 is 35.9 Å². The molecule has 212 valence electrons. The number of aromatic carboxylic acids is 1. The number of methoxy groups -OCH3 is 2. The van der Waals surface area contributed by atoms with Crippen LogP contribution in [-0.4, -0.2) is 52.4 Å². The largest absolute Gasteiger partial charge is 0.493 e. The van der Waals surface area contributed by atoms with E-state index in [-0.39, 0.29) is 17.3 Å². The van der Waals surface area contributed by atoms with Gasteiger partial charge in [0.1, 0.15) is 11.9 Å². The van der Waals surface area contributed by atoms with Gasteiger partial charge in [-0.2, -0.15) is 10.1 Å². The highest BCUT2D eigenvalue weighted by Gasteiger charge is 2.30. The Morgan fingerprint density at radius 2 is 1.81 bits per heavy atom. The summed E-state index contributed by atoms with van der Waals surface area (Å²) in [5, 5.41) is 15.2. The first-order chi connectivity index (χ1) is 20.3. The van der Waals surface area contributed by atoms with Gasteiger partial charge in [0.05, 0.1) is 26.0 Å². The number of nitrogens with zero attached hydrogens (tertiary/aromatic N) is 4. The van der Waals surface area contributed by atoms with E-state index >= 15 is 0 Å². The number of benzene rings is 3. The number of amides is 1. The number of hydrogen-bond acceptors (Lipinski definition) is 9. The van der Waals surface area contributed by atoms with Crippen LogP contribution in [0.4, 0.5) is 11.8 Å². The van der Waals surface area contributed by atoms with Crippen LogP contribution in [-0.2, 0) is 11.2 Å². The lowest BCUT2D eigenvalue weighted by Crippen LogP contribution is -2.33. The zero-order chi connectivity index (χ0) is 29.8. The second kappa shape index (κ2) is 11.8. The summed E-state index contributed by atoms with van der Waals surface area (Å²) in [4.78, 5) is 33.1. The Hall–Kier alpha value is -5.71. The molecule has 1 atom stereocenters. The van der Waals surface area contributed by atoms with Gasteiger partial charge in [-0.05, 0) is 47.0 Å². The average molecular weight is 565 g/mol. The summed E-state index contributed by atoms with van der Waals surface area (Å²) in [6.45, 7) is 0. The average Bonchev–Trinajstić information content (AvgIpc) is 3.00. The van der Waals surface area contributed by atoms with Crippen molar-refractivity contribution in [1.29, 1.82) is 0 Å². The molecule has 4 aromatic rings. The van der Waals surface area contributed by atoms with Crippen LogP contribution < -0.4 is 20.9 Å². The predicted octanol–water partition coefficient (Wildman–Crippen LogP) is 3.93. The SMILES string of the molecule is COc1cc(Cc2cnc(N)nc2N)cc(/C=C/C(=O)N2N=Cc3ccccc3C2c2ccc(C(=O)O)cc2)c1OC. The van der Waals surface area contributed by atoms with Crippen molar-refractivity contribution in [3.8, 4) is 11.5 Å². The molecule has 0 spiro atoms. The van der Waals surface area contributed by atoms with Gasteiger partial charge >= 0.3 is 5.97 Å². The smallest absolute Gasteiger partial charge is 0.335 e. The van der Waals surface area contributed by atoms with Gasteiger partial charge in [-0.3, -0.25) is 4.79 Å². The number of carbonyl (C=O) groups is 2. The van der Waals surface area contributed by atoms with Gasteiger partial charge in [0.2, 0.25) is 5.95 Å². The summed E-state index contributed by atoms with van der Waals surface area (Å²) >= 11 is 0. The molecule has 5 rings (SSSR count). The minimum Gasteiger partial charge on any atom is -0.493 e. The van der Waals surface area contributed by atoms with E-state index in [4.69, 9.17) is 20.9 Å². The van der Waals surface area contributed by atoms with Crippen LogP contribution in [0.5, 0.6) is 11.5 Å². The molecule has 5 N–H and O–H groups in total. The van der Waals surface area contributed by atoms with Crippen molar-refractivity contribution in [1.82, 2.24) is 15.0 Å². The van der Waals surface area contributed by atoms with Crippen molar-refractivity contribution in [2.75, 3.05) is 25.7 Å². The Bertz CT molecular complexity index is 1720. The lowest BCUT2D eigenvalue weighted by Gasteiger charge is -2.31. The highest BCUT2D eigenvalue weighted by molar-refractivity contribution is 5.95. The number of rotatable bonds is 8. The maximum atomic E-state index is 13.7. The number of anilines is 2. The maximum absolute atomic E-state index is 13.7. The fourth-order valence-corrected chi connectivity index (χ4v) is 4.82. The summed E-state index contributed by atoms with van der Waals surface area (Å²) < 4.78 is 11.2. The Morgan fingerprint density at radius 3 is 2.50 bits per heavy atom. The van der Waals surface area contributed by atoms with Crippen LogP contribution in [0.25, 0.3) is 6.08 Å². The molecule has 0 radical (unpaired) electrons. The molecule has 1 aromatic heterocycles. The Labute approximate surface area is 241 Å². The molecule has 0 fully saturated rings. The van der Waals surface area contributed by atoms with Crippen LogP contribution in [0.15, 0.2) is 78.0 Å². The van der Waals surface area contributed by atoms with Gasteiger partial charge in [0, 0.05) is 35.4 Å². The number of carboxylic acid groups (broad SMARTS) is 1. The number of nitrogen functional groups attached to an aromatic ring is 2. The van der Waals surface area contributed by atoms with Crippen molar-refractivity contribution in [2.45, 2.75) is 12.5 Å². The van der Waals surface area contributed by atoms with E-state index in [0.717, 1.165) is 22.3 Å². The molecule has 0 saturated heterocycles. The van der Waals surface area contributed by atoms with Crippen molar-refractivity contribution < 1.29 is 24.2 Å². The topological polar surface area (TPSA) is 166 Å². The van der Waals surface area contributed by atoms with E-state index in [1.165, 1.54) is 37.4 Å². The molecule has 3 aromatic carbocycles. The molecule has 0 aliphatic carbocycles. The minimum atomic E-state index is -1.03. The first-order valence-electron chi connectivity index (χ1n) is 12.9. The molecule has 1 aliphatic rings. The Morgan fingerprint density at radius 1 is 1.05 bits per heavy atom. The zero-order valence-corrected chi connectivity index (χ0v) is 22.9. The molecule has 0 saturated carbocycles. The first kappa shape index (κ1) is 27.8. The van der Waals surface area contributed by atoms with E-state index in [2.05, 4.69) is 15.1 Å². The maximum Gasteiger partial charge on any atom is 0.335 e. The normalized spacial score (nSPS) is 14.0. The van der Waals surface area contributed by atoms with E-state index < -0.39 is 17.9 Å². The molecule has 42 heavy (non-hydrogen) atoms. The van der Waals surface area contributed by atoms with E-state index in [9.17, 15) is 14.7 Å². The van der Waals surface area contributed by atoms with Crippen LogP contribution in [0.1, 0.15) is 49.8 Å². The molecule has 1 amide bonds. The summed E-state index contributed by atoms with van der Waals surface area (Å²) in [7, 11) is 3.05. The van der Waals surface area contributed by atoms with Gasteiger partial charge in [0.15, 0.2) is 11.5 Å². The van der Waals surface area contributed by atoms with Gasteiger partial charge in [0.25, 0.3) is 5.91 Å². The summed E-state index contributed by atoms with van der Waals surface area (Å²) in [5.41, 5.74) is 16.4. The number of aromatic nitrogens is 2. The van der Waals surface area contributed by atoms with E-state index in [1.54, 1.807) is 30.6 Å². The minimum absolute atomic E-state index is 0.0878. The van der Waals surface area contributed by atoms with E-state index in [1.807, 2.05) is 36.4 Å². The molecule has 0 bridgehead atoms. The predicted molar refractivity (Wildman–Crippen MR) is 158 cm³/mol. The van der Waals surface area contributed by atoms with Crippen LogP contribution >= 0.6 is 0 Å². The number of nitrogens with two attached hydrogens (primary N) is 2. The van der Waals surface area contributed by atoms with Gasteiger partial charge in [-0.1, -0.05) is 36.4 Å². The molecule has 11 heteroatoms. The van der Waals surface area contributed by atoms with Crippen molar-refractivity contribution in [3.05, 3.63) is 112 Å². The number of carbonyl (C=O) groups excluding carboxylic acids is 1. The zero-order valence-electron chi connectivity index (χ0n) is 22.9. The number of carboxylic acids is 1. The number of hydrazone groups is 1. The molecule has 1 unspecified atom stereocenters. The Kier molecular flexibility index (Phi) is 7.82. The molecular weight excluding hydrogens is 536 g/mol. The van der Waals surface area contributed by atoms with Gasteiger partial charge < -0.3 is 26.0 Å². The summed E-state index contributed by atoms with van der Waals surface area (Å²) in [5.74, 6) is -0.146. The second-order valence-corrected chi connectivity index (χ2v) is 9.46. The van der Waals surface area contributed by atoms with Crippen LogP contribution in [0.3, 0.4) is 0 Å². The molecule has 1 aliphatic heterocycles. The summed E-state index contributed by atoms with van der Waals surface area (Å²) in [6.07, 6.45) is 6.64. The Balaban J connectivity index is 1.49. The molecule has 11 nitrogen and oxygen atoms in total. The van der Waals surface area contributed by atoms with Gasteiger partial charge in [-0.15, -0.1) is 0 Å². The molecule has 2 heterocycles. The third-order valence-electron chi connectivity index (χ3n) is 6.84. The highest BCUT2D eigenvalue weighted by Crippen LogP contribution is 2.36. The molecular formula is C31H28N6O5. The lowest BCUT2D eigenvalue weighted by molar-refractivity contribution is -0.127. The second-order valence-electron chi connectivity index (χ2n) is 9.46. The van der Waals surface area contributed by atoms with Crippen LogP contribution in [0, 0.1) is 0 Å². The number of hydrogen-bond donors (Lipinski definition) is 3.